The highest BCUT2D eigenvalue weighted by atomic mass is 16.5. The highest BCUT2D eigenvalue weighted by Gasteiger charge is 2.16. The molecule has 3 rings (SSSR count). The van der Waals surface area contributed by atoms with Gasteiger partial charge in [-0.3, -0.25) is 14.8 Å². The van der Waals surface area contributed by atoms with Crippen molar-refractivity contribution >= 4 is 23.6 Å². The van der Waals surface area contributed by atoms with E-state index >= 15 is 0 Å². The molecule has 1 aliphatic carbocycles. The van der Waals surface area contributed by atoms with Crippen LogP contribution in [0.25, 0.3) is 6.08 Å². The minimum atomic E-state index is -0.205. The summed E-state index contributed by atoms with van der Waals surface area (Å²) < 4.78 is 5.52. The fourth-order valence-corrected chi connectivity index (χ4v) is 3.42. The van der Waals surface area contributed by atoms with Crippen LogP contribution in [0.4, 0.5) is 11.8 Å². The third-order valence-electron chi connectivity index (χ3n) is 5.06. The number of nitrogens with one attached hydrogen (secondary N) is 3. The van der Waals surface area contributed by atoms with Crippen LogP contribution in [0.5, 0.6) is 0 Å². The lowest BCUT2D eigenvalue weighted by atomic mass is 10.0. The van der Waals surface area contributed by atoms with Gasteiger partial charge in [0.1, 0.15) is 5.82 Å². The number of aliphatic hydroxyl groups excluding tert-OH is 1. The molecule has 1 saturated heterocycles. The molecule has 2 heterocycles. The summed E-state index contributed by atoms with van der Waals surface area (Å²) in [4.78, 5) is 26.9. The van der Waals surface area contributed by atoms with Gasteiger partial charge in [0, 0.05) is 46.4 Å². The Balaban J connectivity index is 1.84. The van der Waals surface area contributed by atoms with E-state index in [0.717, 1.165) is 24.3 Å². The van der Waals surface area contributed by atoms with Crippen molar-refractivity contribution in [3.05, 3.63) is 57.9 Å². The Hall–Kier alpha value is -3.01. The highest BCUT2D eigenvalue weighted by molar-refractivity contribution is 6.11. The second-order valence-electron chi connectivity index (χ2n) is 7.31. The van der Waals surface area contributed by atoms with Gasteiger partial charge < -0.3 is 25.4 Å². The van der Waals surface area contributed by atoms with E-state index in [4.69, 9.17) is 14.8 Å². The summed E-state index contributed by atoms with van der Waals surface area (Å²) in [7, 11) is 1.75. The molecule has 0 saturated carbocycles. The number of H-pyrrole nitrogens is 1. The third-order valence-corrected chi connectivity index (χ3v) is 5.06. The standard InChI is InChI=1S/C23H32N6O3/c1-24-20-9-3-2-6-18(20)7-4-8-19-21(26-11-10-25-12-15-30)27-23(28-22(19)31)29-13-5-16-32-17-14-29/h2-4,6-9,25,30H,5,10-17H2,1H3,(H2,26,27,28,31)/b8-4+,18-7-,24-20-. The zero-order chi connectivity index (χ0) is 22.6. The number of aromatic amines is 1. The van der Waals surface area contributed by atoms with Crippen molar-refractivity contribution in [1.29, 1.82) is 0 Å². The van der Waals surface area contributed by atoms with Gasteiger partial charge in [0.25, 0.3) is 5.56 Å². The van der Waals surface area contributed by atoms with Gasteiger partial charge in [0.05, 0.1) is 24.5 Å². The molecular weight excluding hydrogens is 408 g/mol. The monoisotopic (exact) mass is 440 g/mol. The van der Waals surface area contributed by atoms with Crippen molar-refractivity contribution in [3.63, 3.8) is 0 Å². The van der Waals surface area contributed by atoms with Crippen molar-refractivity contribution in [2.75, 3.05) is 69.8 Å². The number of nitrogens with zero attached hydrogens (tertiary/aromatic N) is 3. The van der Waals surface area contributed by atoms with Crippen LogP contribution >= 0.6 is 0 Å². The van der Waals surface area contributed by atoms with Crippen LogP contribution in [-0.2, 0) is 4.74 Å². The zero-order valence-electron chi connectivity index (χ0n) is 18.5. The summed E-state index contributed by atoms with van der Waals surface area (Å²) in [6.07, 6.45) is 14.2. The lowest BCUT2D eigenvalue weighted by molar-refractivity contribution is 0.152. The van der Waals surface area contributed by atoms with E-state index in [1.54, 1.807) is 13.1 Å². The summed E-state index contributed by atoms with van der Waals surface area (Å²) >= 11 is 0. The number of ether oxygens (including phenoxy) is 1. The Morgan fingerprint density at radius 3 is 2.97 bits per heavy atom. The Kier molecular flexibility index (Phi) is 9.42. The first-order valence-corrected chi connectivity index (χ1v) is 11.0. The molecule has 9 heteroatoms. The molecule has 9 nitrogen and oxygen atoms in total. The summed E-state index contributed by atoms with van der Waals surface area (Å²) in [6.45, 7) is 4.60. The van der Waals surface area contributed by atoms with Crippen LogP contribution in [0.3, 0.4) is 0 Å². The lowest BCUT2D eigenvalue weighted by Gasteiger charge is -2.21. The van der Waals surface area contributed by atoms with Crippen molar-refractivity contribution in [2.24, 2.45) is 4.99 Å². The molecule has 0 amide bonds. The molecule has 2 aliphatic rings. The number of aromatic nitrogens is 2. The third kappa shape index (κ3) is 6.74. The molecule has 0 aromatic carbocycles. The van der Waals surface area contributed by atoms with Crippen LogP contribution < -0.4 is 21.1 Å². The van der Waals surface area contributed by atoms with E-state index in [0.29, 0.717) is 56.7 Å². The van der Waals surface area contributed by atoms with Gasteiger partial charge in [-0.15, -0.1) is 0 Å². The summed E-state index contributed by atoms with van der Waals surface area (Å²) in [6, 6.07) is 0. The van der Waals surface area contributed by atoms with Crippen molar-refractivity contribution in [1.82, 2.24) is 15.3 Å². The molecule has 4 N–H and O–H groups in total. The van der Waals surface area contributed by atoms with E-state index in [2.05, 4.69) is 20.6 Å². The normalized spacial score (nSPS) is 19.2. The first-order chi connectivity index (χ1) is 15.7. The van der Waals surface area contributed by atoms with Gasteiger partial charge in [-0.1, -0.05) is 30.4 Å². The van der Waals surface area contributed by atoms with Crippen molar-refractivity contribution in [2.45, 2.75) is 6.42 Å². The summed E-state index contributed by atoms with van der Waals surface area (Å²) in [5, 5.41) is 15.3. The number of anilines is 2. The van der Waals surface area contributed by atoms with Crippen LogP contribution in [0, 0.1) is 0 Å². The van der Waals surface area contributed by atoms with Gasteiger partial charge in [0.15, 0.2) is 0 Å². The molecule has 1 aromatic rings. The Morgan fingerprint density at radius 2 is 2.12 bits per heavy atom. The molecular formula is C23H32N6O3. The summed E-state index contributed by atoms with van der Waals surface area (Å²) in [5.41, 5.74) is 2.11. The molecule has 172 valence electrons. The number of aliphatic hydroxyl groups is 1. The molecule has 0 bridgehead atoms. The second-order valence-corrected chi connectivity index (χ2v) is 7.31. The maximum Gasteiger partial charge on any atom is 0.261 e. The van der Waals surface area contributed by atoms with Crippen molar-refractivity contribution < 1.29 is 9.84 Å². The largest absolute Gasteiger partial charge is 0.395 e. The van der Waals surface area contributed by atoms with Crippen LogP contribution in [0.1, 0.15) is 12.0 Å². The highest BCUT2D eigenvalue weighted by Crippen LogP contribution is 2.16. The number of hydrogen-bond donors (Lipinski definition) is 4. The predicted molar refractivity (Wildman–Crippen MR) is 130 cm³/mol. The van der Waals surface area contributed by atoms with E-state index in [9.17, 15) is 4.79 Å². The molecule has 1 fully saturated rings. The predicted octanol–water partition coefficient (Wildman–Crippen LogP) is 1.13. The smallest absolute Gasteiger partial charge is 0.261 e. The lowest BCUT2D eigenvalue weighted by Crippen LogP contribution is -2.31. The van der Waals surface area contributed by atoms with E-state index in [-0.39, 0.29) is 12.2 Å². The Morgan fingerprint density at radius 1 is 1.25 bits per heavy atom. The minimum absolute atomic E-state index is 0.0831. The zero-order valence-corrected chi connectivity index (χ0v) is 18.5. The first kappa shape index (κ1) is 23.6. The molecule has 1 aliphatic heterocycles. The van der Waals surface area contributed by atoms with Gasteiger partial charge >= 0.3 is 0 Å². The summed E-state index contributed by atoms with van der Waals surface area (Å²) in [5.74, 6) is 1.07. The topological polar surface area (TPSA) is 115 Å². The molecule has 0 unspecified atom stereocenters. The number of allylic oxidation sites excluding steroid dienone is 7. The second kappa shape index (κ2) is 12.7. The Bertz CT molecular complexity index is 953. The van der Waals surface area contributed by atoms with E-state index in [1.165, 1.54) is 0 Å². The number of rotatable bonds is 9. The van der Waals surface area contributed by atoms with E-state index < -0.39 is 0 Å². The molecule has 0 atom stereocenters. The number of hydrogen-bond acceptors (Lipinski definition) is 8. The SMILES string of the molecule is C/N=C1/C=CC=C/C1=C/C=C/c1c(NCCNCCO)nc(N2CCCOCC2)[nH]c1=O. The maximum atomic E-state index is 13.0. The average molecular weight is 441 g/mol. The van der Waals surface area contributed by atoms with Crippen LogP contribution in [0.15, 0.2) is 51.8 Å². The fourth-order valence-electron chi connectivity index (χ4n) is 3.42. The average Bonchev–Trinajstić information content (AvgIpc) is 3.10. The van der Waals surface area contributed by atoms with Crippen LogP contribution in [-0.4, -0.2) is 80.4 Å². The van der Waals surface area contributed by atoms with Crippen molar-refractivity contribution in [3.8, 4) is 0 Å². The first-order valence-electron chi connectivity index (χ1n) is 11.0. The van der Waals surface area contributed by atoms with Crippen LogP contribution in [0.2, 0.25) is 0 Å². The van der Waals surface area contributed by atoms with Gasteiger partial charge in [-0.05, 0) is 24.1 Å². The molecule has 32 heavy (non-hydrogen) atoms. The van der Waals surface area contributed by atoms with Gasteiger partial charge in [-0.25, -0.2) is 0 Å². The maximum absolute atomic E-state index is 13.0. The molecule has 0 spiro atoms. The quantitative estimate of drug-likeness (QED) is 0.426. The van der Waals surface area contributed by atoms with E-state index in [1.807, 2.05) is 41.4 Å². The molecule has 1 aromatic heterocycles. The fraction of sp³-hybridized carbons (Fsp3) is 0.435. The van der Waals surface area contributed by atoms with Gasteiger partial charge in [-0.2, -0.15) is 4.98 Å². The molecule has 0 radical (unpaired) electrons. The number of aliphatic imine (C=N–C) groups is 1. The Labute approximate surface area is 188 Å². The van der Waals surface area contributed by atoms with Gasteiger partial charge in [0.2, 0.25) is 5.95 Å². The minimum Gasteiger partial charge on any atom is -0.395 e.